The van der Waals surface area contributed by atoms with Crippen molar-refractivity contribution in [3.05, 3.63) is 0 Å². The molecule has 2 rings (SSSR count). The molecule has 7 nitrogen and oxygen atoms in total. The number of amides is 3. The fourth-order valence-corrected chi connectivity index (χ4v) is 3.07. The molecule has 2 saturated heterocycles. The number of carboxylic acid groups (broad SMARTS) is 1. The number of nitrogens with zero attached hydrogens (tertiary/aromatic N) is 2. The van der Waals surface area contributed by atoms with E-state index in [0.717, 1.165) is 19.3 Å². The molecule has 0 aromatic heterocycles. The summed E-state index contributed by atoms with van der Waals surface area (Å²) < 4.78 is 0. The van der Waals surface area contributed by atoms with Crippen LogP contribution in [-0.2, 0) is 9.59 Å². The van der Waals surface area contributed by atoms with E-state index in [4.69, 9.17) is 5.73 Å². The lowest BCUT2D eigenvalue weighted by atomic mass is 9.93. The Morgan fingerprint density at radius 2 is 1.80 bits per heavy atom. The Hall–Kier alpha value is -1.79. The molecule has 2 fully saturated rings. The van der Waals surface area contributed by atoms with Crippen LogP contribution in [0.3, 0.4) is 0 Å². The fraction of sp³-hybridized carbons (Fsp3) is 0.769. The van der Waals surface area contributed by atoms with Crippen molar-refractivity contribution in [2.45, 2.75) is 38.1 Å². The lowest BCUT2D eigenvalue weighted by Crippen LogP contribution is -2.53. The van der Waals surface area contributed by atoms with Crippen molar-refractivity contribution in [1.29, 1.82) is 0 Å². The molecule has 3 amide bonds. The highest BCUT2D eigenvalue weighted by atomic mass is 16.4. The molecule has 0 saturated carbocycles. The number of nitrogens with two attached hydrogens (primary N) is 1. The zero-order valence-corrected chi connectivity index (χ0v) is 11.5. The molecule has 0 aliphatic carbocycles. The Labute approximate surface area is 117 Å². The van der Waals surface area contributed by atoms with Gasteiger partial charge in [0.1, 0.15) is 6.04 Å². The van der Waals surface area contributed by atoms with E-state index in [0.29, 0.717) is 32.5 Å². The van der Waals surface area contributed by atoms with Crippen LogP contribution in [0.1, 0.15) is 32.1 Å². The van der Waals surface area contributed by atoms with Crippen LogP contribution in [-0.4, -0.2) is 58.5 Å². The first-order chi connectivity index (χ1) is 9.50. The van der Waals surface area contributed by atoms with Gasteiger partial charge < -0.3 is 20.6 Å². The summed E-state index contributed by atoms with van der Waals surface area (Å²) >= 11 is 0. The standard InChI is InChI=1S/C13H21N3O4/c14-13(20)15-6-3-4-9(8-15)11(17)16-7-2-1-5-10(16)12(18)19/h9-10H,1-8H2,(H2,14,20)(H,18,19)/t9?,10-/m1/s1. The third-order valence-corrected chi connectivity index (χ3v) is 4.15. The zero-order chi connectivity index (χ0) is 14.7. The summed E-state index contributed by atoms with van der Waals surface area (Å²) in [6.45, 7) is 1.36. The van der Waals surface area contributed by atoms with Crippen molar-refractivity contribution in [3.63, 3.8) is 0 Å². The number of piperidine rings is 2. The molecule has 20 heavy (non-hydrogen) atoms. The summed E-state index contributed by atoms with van der Waals surface area (Å²) in [7, 11) is 0. The van der Waals surface area contributed by atoms with E-state index in [2.05, 4.69) is 0 Å². The Morgan fingerprint density at radius 3 is 2.45 bits per heavy atom. The summed E-state index contributed by atoms with van der Waals surface area (Å²) in [5, 5.41) is 9.22. The maximum absolute atomic E-state index is 12.5. The van der Waals surface area contributed by atoms with E-state index in [1.54, 1.807) is 0 Å². The normalized spacial score (nSPS) is 27.2. The van der Waals surface area contributed by atoms with Crippen LogP contribution in [0.2, 0.25) is 0 Å². The number of urea groups is 1. The first-order valence-electron chi connectivity index (χ1n) is 7.08. The second-order valence-electron chi connectivity index (χ2n) is 5.50. The molecule has 2 aliphatic heterocycles. The number of hydrogen-bond acceptors (Lipinski definition) is 3. The zero-order valence-electron chi connectivity index (χ0n) is 11.5. The Kier molecular flexibility index (Phi) is 4.46. The summed E-state index contributed by atoms with van der Waals surface area (Å²) in [6, 6.07) is -1.24. The third kappa shape index (κ3) is 3.02. The molecule has 7 heteroatoms. The van der Waals surface area contributed by atoms with Crippen LogP contribution in [0.25, 0.3) is 0 Å². The highest BCUT2D eigenvalue weighted by molar-refractivity contribution is 5.86. The first-order valence-corrected chi connectivity index (χ1v) is 7.08. The number of carbonyl (C=O) groups is 3. The van der Waals surface area contributed by atoms with Crippen molar-refractivity contribution in [2.75, 3.05) is 19.6 Å². The first kappa shape index (κ1) is 14.6. The lowest BCUT2D eigenvalue weighted by molar-refractivity contribution is -0.154. The lowest BCUT2D eigenvalue weighted by Gasteiger charge is -2.38. The third-order valence-electron chi connectivity index (χ3n) is 4.15. The van der Waals surface area contributed by atoms with Crippen molar-refractivity contribution in [1.82, 2.24) is 9.80 Å². The number of likely N-dealkylation sites (tertiary alicyclic amines) is 2. The highest BCUT2D eigenvalue weighted by Crippen LogP contribution is 2.24. The highest BCUT2D eigenvalue weighted by Gasteiger charge is 2.37. The van der Waals surface area contributed by atoms with E-state index in [-0.39, 0.29) is 11.8 Å². The SMILES string of the molecule is NC(=O)N1CCCC(C(=O)N2CCCC[C@@H]2C(=O)O)C1. The van der Waals surface area contributed by atoms with Gasteiger partial charge in [-0.3, -0.25) is 4.79 Å². The van der Waals surface area contributed by atoms with Gasteiger partial charge in [-0.25, -0.2) is 9.59 Å². The molecular weight excluding hydrogens is 262 g/mol. The Morgan fingerprint density at radius 1 is 1.05 bits per heavy atom. The number of hydrogen-bond donors (Lipinski definition) is 2. The van der Waals surface area contributed by atoms with Crippen molar-refractivity contribution in [3.8, 4) is 0 Å². The molecule has 0 bridgehead atoms. The molecular formula is C13H21N3O4. The number of carboxylic acids is 1. The van der Waals surface area contributed by atoms with E-state index in [9.17, 15) is 19.5 Å². The predicted molar refractivity (Wildman–Crippen MR) is 70.9 cm³/mol. The van der Waals surface area contributed by atoms with Gasteiger partial charge >= 0.3 is 12.0 Å². The Bertz CT molecular complexity index is 412. The molecule has 1 unspecified atom stereocenters. The van der Waals surface area contributed by atoms with Gasteiger partial charge in [-0.2, -0.15) is 0 Å². The van der Waals surface area contributed by atoms with Gasteiger partial charge in [0, 0.05) is 19.6 Å². The van der Waals surface area contributed by atoms with Crippen LogP contribution >= 0.6 is 0 Å². The van der Waals surface area contributed by atoms with Crippen LogP contribution < -0.4 is 5.73 Å². The maximum Gasteiger partial charge on any atom is 0.326 e. The van der Waals surface area contributed by atoms with Gasteiger partial charge in [-0.15, -0.1) is 0 Å². The second kappa shape index (κ2) is 6.11. The molecule has 2 atom stereocenters. The van der Waals surface area contributed by atoms with E-state index >= 15 is 0 Å². The van der Waals surface area contributed by atoms with Crippen LogP contribution in [0.15, 0.2) is 0 Å². The van der Waals surface area contributed by atoms with Gasteiger partial charge in [-0.1, -0.05) is 0 Å². The average molecular weight is 283 g/mol. The summed E-state index contributed by atoms with van der Waals surface area (Å²) in [5.41, 5.74) is 5.25. The molecule has 2 aliphatic rings. The number of primary amides is 1. The van der Waals surface area contributed by atoms with Gasteiger partial charge in [0.05, 0.1) is 5.92 Å². The average Bonchev–Trinajstić information content (AvgIpc) is 2.46. The molecule has 0 radical (unpaired) electrons. The molecule has 0 aromatic rings. The predicted octanol–water partition coefficient (Wildman–Crippen LogP) is 0.243. The van der Waals surface area contributed by atoms with Gasteiger partial charge in [0.2, 0.25) is 5.91 Å². The van der Waals surface area contributed by atoms with Crippen LogP contribution in [0, 0.1) is 5.92 Å². The Balaban J connectivity index is 2.05. The van der Waals surface area contributed by atoms with Gasteiger partial charge in [0.25, 0.3) is 0 Å². The van der Waals surface area contributed by atoms with Crippen molar-refractivity contribution >= 4 is 17.9 Å². The minimum absolute atomic E-state index is 0.150. The molecule has 0 spiro atoms. The van der Waals surface area contributed by atoms with Crippen LogP contribution in [0.4, 0.5) is 4.79 Å². The largest absolute Gasteiger partial charge is 0.480 e. The number of carbonyl (C=O) groups excluding carboxylic acids is 2. The number of aliphatic carboxylic acids is 1. The topological polar surface area (TPSA) is 104 Å². The second-order valence-corrected chi connectivity index (χ2v) is 5.50. The fourth-order valence-electron chi connectivity index (χ4n) is 3.07. The van der Waals surface area contributed by atoms with E-state index in [1.807, 2.05) is 0 Å². The monoisotopic (exact) mass is 283 g/mol. The molecule has 2 heterocycles. The molecule has 0 aromatic carbocycles. The van der Waals surface area contributed by atoms with Crippen molar-refractivity contribution in [2.24, 2.45) is 11.7 Å². The van der Waals surface area contributed by atoms with Crippen LogP contribution in [0.5, 0.6) is 0 Å². The van der Waals surface area contributed by atoms with Gasteiger partial charge in [0.15, 0.2) is 0 Å². The van der Waals surface area contributed by atoms with E-state index in [1.165, 1.54) is 9.80 Å². The molecule has 3 N–H and O–H groups in total. The minimum Gasteiger partial charge on any atom is -0.480 e. The minimum atomic E-state index is -0.944. The quantitative estimate of drug-likeness (QED) is 0.757. The summed E-state index contributed by atoms with van der Waals surface area (Å²) in [5.74, 6) is -1.42. The smallest absolute Gasteiger partial charge is 0.326 e. The van der Waals surface area contributed by atoms with Crippen molar-refractivity contribution < 1.29 is 19.5 Å². The summed E-state index contributed by atoms with van der Waals surface area (Å²) in [4.78, 5) is 37.9. The summed E-state index contributed by atoms with van der Waals surface area (Å²) in [6.07, 6.45) is 3.59. The molecule has 112 valence electrons. The van der Waals surface area contributed by atoms with Gasteiger partial charge in [-0.05, 0) is 32.1 Å². The van der Waals surface area contributed by atoms with E-state index < -0.39 is 18.0 Å². The number of rotatable bonds is 2. The maximum atomic E-state index is 12.5.